The van der Waals surface area contributed by atoms with Crippen LogP contribution < -0.4 is 3.27 Å². The van der Waals surface area contributed by atoms with Crippen LogP contribution in [0.15, 0.2) is 85.0 Å². The monoisotopic (exact) mass is 755 g/mol. The number of unbranched alkanes of at least 4 members (excludes halogenated alkanes) is 1. The fraction of sp³-hybridized carbons (Fsp3) is 0.400. The van der Waals surface area contributed by atoms with Gasteiger partial charge in [0.1, 0.15) is 0 Å². The van der Waals surface area contributed by atoms with E-state index in [4.69, 9.17) is 4.21 Å². The van der Waals surface area contributed by atoms with Gasteiger partial charge in [0.15, 0.2) is 0 Å². The third kappa shape index (κ3) is 5.54. The Morgan fingerprint density at radius 3 is 2.04 bits per heavy atom. The molecule has 3 aromatic carbocycles. The van der Waals surface area contributed by atoms with Crippen molar-refractivity contribution in [3.8, 4) is 11.1 Å². The van der Waals surface area contributed by atoms with E-state index in [2.05, 4.69) is 142 Å². The van der Waals surface area contributed by atoms with Crippen molar-refractivity contribution in [2.45, 2.75) is 106 Å². The Kier molecular flexibility index (Phi) is 9.78. The summed E-state index contributed by atoms with van der Waals surface area (Å²) in [6.45, 7) is 24.0. The Bertz CT molecular complexity index is 1970. The fourth-order valence-corrected chi connectivity index (χ4v) is 21.7. The molecule has 3 heteroatoms. The van der Waals surface area contributed by atoms with Crippen LogP contribution in [0.4, 0.5) is 0 Å². The van der Waals surface area contributed by atoms with Crippen LogP contribution in [0.5, 0.6) is 0 Å². The summed E-state index contributed by atoms with van der Waals surface area (Å²) in [7, 11) is 0. The Balaban J connectivity index is 0.00000225. The Hall–Kier alpha value is -2.05. The average Bonchev–Trinajstić information content (AvgIpc) is 3.70. The van der Waals surface area contributed by atoms with Crippen LogP contribution >= 0.6 is 24.8 Å². The molecule has 0 saturated heterocycles. The van der Waals surface area contributed by atoms with Crippen LogP contribution in [0.25, 0.3) is 22.3 Å². The molecule has 0 fully saturated rings. The van der Waals surface area contributed by atoms with Gasteiger partial charge in [-0.25, -0.2) is 0 Å². The Morgan fingerprint density at radius 1 is 0.833 bits per heavy atom. The molecule has 0 spiro atoms. The van der Waals surface area contributed by atoms with E-state index in [9.17, 15) is 0 Å². The van der Waals surface area contributed by atoms with Crippen LogP contribution in [0, 0.1) is 11.3 Å². The van der Waals surface area contributed by atoms with E-state index in [1.165, 1.54) is 83.8 Å². The summed E-state index contributed by atoms with van der Waals surface area (Å²) < 4.78 is 10.4. The predicted molar refractivity (Wildman–Crippen MR) is 213 cm³/mol. The molecule has 0 nitrogen and oxygen atoms in total. The second-order valence-electron chi connectivity index (χ2n) is 17.0. The van der Waals surface area contributed by atoms with Crippen molar-refractivity contribution in [1.82, 2.24) is 0 Å². The van der Waals surface area contributed by atoms with Crippen molar-refractivity contribution in [2.75, 3.05) is 0 Å². The van der Waals surface area contributed by atoms with Crippen molar-refractivity contribution >= 4 is 43.4 Å². The van der Waals surface area contributed by atoms with Gasteiger partial charge in [-0.1, -0.05) is 0 Å². The summed E-state index contributed by atoms with van der Waals surface area (Å²) in [5, 5.41) is 0. The van der Waals surface area contributed by atoms with E-state index in [1.54, 1.807) is 6.56 Å². The van der Waals surface area contributed by atoms with Gasteiger partial charge in [-0.05, 0) is 0 Å². The van der Waals surface area contributed by atoms with E-state index in [-0.39, 0.29) is 41.1 Å². The number of allylic oxidation sites excluding steroid dienone is 8. The van der Waals surface area contributed by atoms with Crippen LogP contribution in [0.1, 0.15) is 122 Å². The molecule has 0 heterocycles. The molecule has 3 aromatic rings. The summed E-state index contributed by atoms with van der Waals surface area (Å²) in [5.41, 5.74) is 16.4. The second-order valence-corrected chi connectivity index (χ2v) is 25.5. The van der Waals surface area contributed by atoms with Gasteiger partial charge in [0.05, 0.1) is 0 Å². The van der Waals surface area contributed by atoms with Crippen LogP contribution in [0.2, 0.25) is 0 Å². The van der Waals surface area contributed by atoms with Crippen molar-refractivity contribution in [3.05, 3.63) is 118 Å². The molecule has 4 aliphatic carbocycles. The predicted octanol–water partition coefficient (Wildman–Crippen LogP) is 12.4. The average molecular weight is 758 g/mol. The van der Waals surface area contributed by atoms with Gasteiger partial charge in [0.2, 0.25) is 0 Å². The first kappa shape index (κ1) is 37.2. The molecule has 0 aromatic heterocycles. The first-order valence-electron chi connectivity index (χ1n) is 17.7. The van der Waals surface area contributed by atoms with E-state index in [1.807, 2.05) is 0 Å². The van der Waals surface area contributed by atoms with E-state index in [0.29, 0.717) is 5.92 Å². The third-order valence-electron chi connectivity index (χ3n) is 11.9. The van der Waals surface area contributed by atoms with Crippen LogP contribution in [-0.4, -0.2) is 4.21 Å². The standard InChI is InChI=1S/C25H25.C13H21.C6H5.CH2.2ClH.Zr/c1-14-12-24(3,4)22-8-16-7-17-9-23-19(15(2)13-25(23,5)6)11-21(17)20(16)10-18(14)22;1-5-6-7-11-8-9-12(10-11)13(2,3)4;1-2-4-6-5-3-1;;;;/h8-12H,7H2,1-6H3;9-11H,5-7H2,1-4H3;1-5H;1H2;2*1H;. The first-order valence-corrected chi connectivity index (χ1v) is 23.1. The molecule has 0 aliphatic heterocycles. The van der Waals surface area contributed by atoms with Crippen LogP contribution in [0.3, 0.4) is 0 Å². The van der Waals surface area contributed by atoms with E-state index >= 15 is 0 Å². The van der Waals surface area contributed by atoms with Crippen molar-refractivity contribution in [3.63, 3.8) is 0 Å². The maximum atomic E-state index is 5.53. The van der Waals surface area contributed by atoms with Gasteiger partial charge in [-0.2, -0.15) is 0 Å². The third-order valence-corrected chi connectivity index (χ3v) is 23.4. The first-order chi connectivity index (χ1) is 21.6. The maximum absolute atomic E-state index is 5.53. The molecular weight excluding hydrogens is 703 g/mol. The molecule has 0 saturated carbocycles. The van der Waals surface area contributed by atoms with Gasteiger partial charge >= 0.3 is 285 Å². The summed E-state index contributed by atoms with van der Waals surface area (Å²) >= 11 is -3.69. The SMILES string of the molecule is Cl.Cl.[CH2]=[Zr]([C]1=CC(C(C)(C)C)=CC1CCCC)([C]1=C(C)c2cc3c(cc2C1(C)C)Cc1cc2c(cc1-3)C(C)=CC2(C)C)[c]1ccccc1. The summed E-state index contributed by atoms with van der Waals surface area (Å²) in [5.74, 6) is 0.488. The molecule has 0 bridgehead atoms. The molecule has 0 amide bonds. The molecule has 2 atom stereocenters. The molecule has 253 valence electrons. The molecule has 0 radical (unpaired) electrons. The Labute approximate surface area is 307 Å². The van der Waals surface area contributed by atoms with Crippen molar-refractivity contribution in [2.24, 2.45) is 11.3 Å². The topological polar surface area (TPSA) is 0 Å². The minimum atomic E-state index is -3.69. The van der Waals surface area contributed by atoms with Gasteiger partial charge in [0, 0.05) is 0 Å². The fourth-order valence-electron chi connectivity index (χ4n) is 9.64. The van der Waals surface area contributed by atoms with Crippen molar-refractivity contribution < 1.29 is 19.8 Å². The number of fused-ring (bicyclic) bond motifs is 5. The van der Waals surface area contributed by atoms with Gasteiger partial charge in [0.25, 0.3) is 0 Å². The zero-order chi connectivity index (χ0) is 33.0. The summed E-state index contributed by atoms with van der Waals surface area (Å²) in [6, 6.07) is 21.8. The molecular formula is C45H55Cl2Zr. The number of hydrogen-bond donors (Lipinski definition) is 0. The van der Waals surface area contributed by atoms with Gasteiger partial charge in [-0.15, -0.1) is 24.8 Å². The molecule has 2 unspecified atom stereocenters. The van der Waals surface area contributed by atoms with Crippen molar-refractivity contribution in [1.29, 1.82) is 0 Å². The zero-order valence-corrected chi connectivity index (χ0v) is 34.9. The van der Waals surface area contributed by atoms with Crippen LogP contribution in [-0.2, 0) is 37.0 Å². The number of rotatable bonds is 6. The van der Waals surface area contributed by atoms with E-state index < -0.39 is 19.8 Å². The molecule has 7 rings (SSSR count). The Morgan fingerprint density at radius 2 is 1.44 bits per heavy atom. The zero-order valence-electron chi connectivity index (χ0n) is 30.9. The number of halogens is 2. The summed E-state index contributed by atoms with van der Waals surface area (Å²) in [6.07, 6.45) is 12.5. The molecule has 0 N–H and O–H groups in total. The van der Waals surface area contributed by atoms with Gasteiger partial charge in [-0.3, -0.25) is 0 Å². The minimum absolute atomic E-state index is 0. The van der Waals surface area contributed by atoms with E-state index in [0.717, 1.165) is 6.42 Å². The number of hydrogen-bond acceptors (Lipinski definition) is 0. The normalized spacial score (nSPS) is 20.8. The molecule has 4 aliphatic rings. The second kappa shape index (κ2) is 12.6. The quantitative estimate of drug-likeness (QED) is 0.184. The van der Waals surface area contributed by atoms with Gasteiger partial charge < -0.3 is 0 Å². The molecule has 48 heavy (non-hydrogen) atoms. The number of benzene rings is 3. The summed E-state index contributed by atoms with van der Waals surface area (Å²) in [4.78, 5) is 0.